The highest BCUT2D eigenvalue weighted by molar-refractivity contribution is 5.68. The van der Waals surface area contributed by atoms with Crippen LogP contribution in [0.25, 0.3) is 11.1 Å². The molecule has 4 aromatic carbocycles. The monoisotopic (exact) mass is 517 g/mol. The summed E-state index contributed by atoms with van der Waals surface area (Å²) < 4.78 is 0. The summed E-state index contributed by atoms with van der Waals surface area (Å²) in [5.41, 5.74) is 13.9. The second-order valence-electron chi connectivity index (χ2n) is 9.95. The van der Waals surface area contributed by atoms with Crippen LogP contribution in [0, 0.1) is 0 Å². The zero-order chi connectivity index (χ0) is 26.9. The number of rotatable bonds is 11. The first kappa shape index (κ1) is 26.7. The summed E-state index contributed by atoms with van der Waals surface area (Å²) in [4.78, 5) is 5.08. The van der Waals surface area contributed by atoms with E-state index in [0.29, 0.717) is 0 Å². The van der Waals surface area contributed by atoms with E-state index >= 15 is 0 Å². The van der Waals surface area contributed by atoms with E-state index in [9.17, 15) is 0 Å². The molecule has 1 aliphatic rings. The molecular formula is C34H39N5. The van der Waals surface area contributed by atoms with E-state index < -0.39 is 0 Å². The summed E-state index contributed by atoms with van der Waals surface area (Å²) >= 11 is 0. The van der Waals surface area contributed by atoms with Gasteiger partial charge >= 0.3 is 0 Å². The Bertz CT molecular complexity index is 1300. The van der Waals surface area contributed by atoms with Gasteiger partial charge in [-0.15, -0.1) is 0 Å². The number of hydrazine groups is 2. The molecule has 0 saturated carbocycles. The van der Waals surface area contributed by atoms with E-state index in [1.807, 2.05) is 7.05 Å². The van der Waals surface area contributed by atoms with Crippen molar-refractivity contribution in [2.24, 2.45) is 0 Å². The van der Waals surface area contributed by atoms with Crippen LogP contribution in [-0.2, 0) is 6.42 Å². The topological polar surface area (TPSA) is 33.8 Å². The molecule has 1 heterocycles. The number of piperazine rings is 1. The first-order chi connectivity index (χ1) is 19.2. The Kier molecular flexibility index (Phi) is 9.07. The third-order valence-corrected chi connectivity index (χ3v) is 7.52. The summed E-state index contributed by atoms with van der Waals surface area (Å²) in [5.74, 6) is 0. The zero-order valence-electron chi connectivity index (χ0n) is 22.8. The van der Waals surface area contributed by atoms with Gasteiger partial charge < -0.3 is 4.90 Å². The van der Waals surface area contributed by atoms with Crippen LogP contribution in [0.15, 0.2) is 128 Å². The lowest BCUT2D eigenvalue weighted by Crippen LogP contribution is -2.52. The highest BCUT2D eigenvalue weighted by Crippen LogP contribution is 2.37. The average Bonchev–Trinajstić information content (AvgIpc) is 3.01. The molecule has 2 N–H and O–H groups in total. The minimum atomic E-state index is 0.0240. The van der Waals surface area contributed by atoms with Crippen molar-refractivity contribution in [3.63, 3.8) is 0 Å². The molecule has 0 aliphatic carbocycles. The van der Waals surface area contributed by atoms with Crippen LogP contribution in [0.4, 0.5) is 5.69 Å². The molecule has 0 amide bonds. The van der Waals surface area contributed by atoms with Gasteiger partial charge in [-0.3, -0.25) is 9.91 Å². The van der Waals surface area contributed by atoms with E-state index in [0.717, 1.165) is 44.8 Å². The molecule has 1 aliphatic heterocycles. The third-order valence-electron chi connectivity index (χ3n) is 7.52. The number of para-hydroxylation sites is 1. The molecule has 0 bridgehead atoms. The van der Waals surface area contributed by atoms with Gasteiger partial charge in [0.2, 0.25) is 0 Å². The minimum Gasteiger partial charge on any atom is -0.369 e. The van der Waals surface area contributed by atoms with Crippen molar-refractivity contribution >= 4 is 5.69 Å². The number of anilines is 1. The van der Waals surface area contributed by atoms with Crippen LogP contribution in [0.2, 0.25) is 0 Å². The fraction of sp³-hybridized carbons (Fsp3) is 0.235. The fourth-order valence-corrected chi connectivity index (χ4v) is 5.52. The smallest absolute Gasteiger partial charge is 0.0768 e. The number of benzene rings is 4. The van der Waals surface area contributed by atoms with Crippen LogP contribution in [0.5, 0.6) is 0 Å². The molecular weight excluding hydrogens is 478 g/mol. The lowest BCUT2D eigenvalue weighted by Gasteiger charge is -2.43. The lowest BCUT2D eigenvalue weighted by atomic mass is 9.92. The Morgan fingerprint density at radius 1 is 0.769 bits per heavy atom. The molecule has 5 rings (SSSR count). The largest absolute Gasteiger partial charge is 0.369 e. The van der Waals surface area contributed by atoms with Crippen molar-refractivity contribution in [1.82, 2.24) is 20.9 Å². The second-order valence-corrected chi connectivity index (χ2v) is 9.95. The Balaban J connectivity index is 1.45. The Labute approximate surface area is 233 Å². The van der Waals surface area contributed by atoms with Crippen LogP contribution in [0.3, 0.4) is 0 Å². The number of nitrogens with zero attached hydrogens (tertiary/aromatic N) is 3. The van der Waals surface area contributed by atoms with Crippen LogP contribution in [-0.4, -0.2) is 49.7 Å². The molecule has 5 heteroatoms. The summed E-state index contributed by atoms with van der Waals surface area (Å²) in [5, 5.41) is 2.18. The number of nitrogens with one attached hydrogen (secondary N) is 2. The van der Waals surface area contributed by atoms with Crippen molar-refractivity contribution in [2.45, 2.75) is 12.5 Å². The Morgan fingerprint density at radius 3 is 2.03 bits per heavy atom. The summed E-state index contributed by atoms with van der Waals surface area (Å²) in [6.45, 7) is 9.38. The summed E-state index contributed by atoms with van der Waals surface area (Å²) in [6, 6.07) is 40.9. The van der Waals surface area contributed by atoms with Crippen LogP contribution in [0.1, 0.15) is 17.2 Å². The quantitative estimate of drug-likeness (QED) is 0.242. The van der Waals surface area contributed by atoms with E-state index in [1.54, 1.807) is 0 Å². The van der Waals surface area contributed by atoms with Crippen molar-refractivity contribution in [2.75, 3.05) is 44.7 Å². The highest BCUT2D eigenvalue weighted by Gasteiger charge is 2.31. The maximum atomic E-state index is 4.72. The molecule has 0 spiro atoms. The summed E-state index contributed by atoms with van der Waals surface area (Å²) in [7, 11) is 1.91. The van der Waals surface area contributed by atoms with E-state index in [4.69, 9.17) is 6.58 Å². The fourth-order valence-electron chi connectivity index (χ4n) is 5.52. The van der Waals surface area contributed by atoms with Gasteiger partial charge in [0, 0.05) is 51.2 Å². The molecule has 1 fully saturated rings. The first-order valence-electron chi connectivity index (χ1n) is 13.9. The van der Waals surface area contributed by atoms with E-state index in [2.05, 4.69) is 141 Å². The maximum absolute atomic E-state index is 4.72. The molecule has 200 valence electrons. The lowest BCUT2D eigenvalue weighted by molar-refractivity contribution is 0.137. The van der Waals surface area contributed by atoms with Crippen molar-refractivity contribution in [1.29, 1.82) is 0 Å². The van der Waals surface area contributed by atoms with E-state index in [-0.39, 0.29) is 6.04 Å². The van der Waals surface area contributed by atoms with Gasteiger partial charge in [-0.05, 0) is 40.8 Å². The van der Waals surface area contributed by atoms with Gasteiger partial charge in [-0.25, -0.2) is 5.43 Å². The van der Waals surface area contributed by atoms with E-state index in [1.165, 1.54) is 27.9 Å². The molecule has 1 atom stereocenters. The predicted octanol–water partition coefficient (Wildman–Crippen LogP) is 5.91. The highest BCUT2D eigenvalue weighted by atomic mass is 15.7. The minimum absolute atomic E-state index is 0.0240. The predicted molar refractivity (Wildman–Crippen MR) is 163 cm³/mol. The molecule has 1 unspecified atom stereocenters. The van der Waals surface area contributed by atoms with Gasteiger partial charge in [0.25, 0.3) is 0 Å². The SMILES string of the molecule is C=C(C(c1ccccc1-c1ccccc1)N1CCN(c2ccccc2)CC1)N(CCc1ccccc1)NNC. The average molecular weight is 518 g/mol. The molecule has 39 heavy (non-hydrogen) atoms. The first-order valence-corrected chi connectivity index (χ1v) is 13.9. The third kappa shape index (κ3) is 6.58. The maximum Gasteiger partial charge on any atom is 0.0768 e. The summed E-state index contributed by atoms with van der Waals surface area (Å²) in [6.07, 6.45) is 0.920. The molecule has 0 radical (unpaired) electrons. The van der Waals surface area contributed by atoms with Crippen molar-refractivity contribution < 1.29 is 0 Å². The molecule has 1 saturated heterocycles. The molecule has 5 nitrogen and oxygen atoms in total. The number of hydrogen-bond acceptors (Lipinski definition) is 5. The van der Waals surface area contributed by atoms with Gasteiger partial charge in [-0.2, -0.15) is 5.53 Å². The van der Waals surface area contributed by atoms with Gasteiger partial charge in [0.15, 0.2) is 0 Å². The second kappa shape index (κ2) is 13.3. The zero-order valence-corrected chi connectivity index (χ0v) is 22.8. The number of hydrogen-bond donors (Lipinski definition) is 2. The standard InChI is InChI=1S/C34H39N5/c1-28(39(36-35-2)23-22-29-14-6-3-7-15-29)34(33-21-13-12-20-32(33)30-16-8-4-9-17-30)38-26-24-37(25-27-38)31-18-10-5-11-19-31/h3-21,34-36H,1,22-27H2,2H3. The van der Waals surface area contributed by atoms with Gasteiger partial charge in [-0.1, -0.05) is 110 Å². The Hall–Kier alpha value is -3.90. The Morgan fingerprint density at radius 2 is 1.36 bits per heavy atom. The molecule has 4 aromatic rings. The van der Waals surface area contributed by atoms with Crippen LogP contribution >= 0.6 is 0 Å². The van der Waals surface area contributed by atoms with Crippen LogP contribution < -0.4 is 15.9 Å². The van der Waals surface area contributed by atoms with Gasteiger partial charge in [0.1, 0.15) is 0 Å². The van der Waals surface area contributed by atoms with Gasteiger partial charge in [0.05, 0.1) is 6.04 Å². The van der Waals surface area contributed by atoms with Crippen molar-refractivity contribution in [3.05, 3.63) is 139 Å². The molecule has 0 aromatic heterocycles. The van der Waals surface area contributed by atoms with Crippen molar-refractivity contribution in [3.8, 4) is 11.1 Å². The normalized spacial score (nSPS) is 14.6.